The summed E-state index contributed by atoms with van der Waals surface area (Å²) in [7, 11) is 0. The summed E-state index contributed by atoms with van der Waals surface area (Å²) in [6, 6.07) is 0.177. The molecule has 0 aromatic heterocycles. The Bertz CT molecular complexity index is 1500. The summed E-state index contributed by atoms with van der Waals surface area (Å²) in [5.74, 6) is -3.59. The first-order chi connectivity index (χ1) is 23.0. The van der Waals surface area contributed by atoms with Crippen molar-refractivity contribution in [2.45, 2.75) is 102 Å². The molecule has 4 rings (SSSR count). The van der Waals surface area contributed by atoms with Gasteiger partial charge in [-0.1, -0.05) is 5.11 Å². The summed E-state index contributed by atoms with van der Waals surface area (Å²) in [6.07, 6.45) is -10.7. The van der Waals surface area contributed by atoms with Crippen LogP contribution in [0.3, 0.4) is 0 Å². The third-order valence-corrected chi connectivity index (χ3v) is 7.47. The molecule has 1 aromatic carbocycles. The molecule has 1 aromatic rings. The summed E-state index contributed by atoms with van der Waals surface area (Å²) >= 11 is 0. The topological polar surface area (TPSA) is 292 Å². The minimum Gasteiger partial charge on any atom is -0.463 e. The first-order valence-electron chi connectivity index (χ1n) is 14.7. The van der Waals surface area contributed by atoms with Gasteiger partial charge >= 0.3 is 17.9 Å². The van der Waals surface area contributed by atoms with Gasteiger partial charge in [0.15, 0.2) is 30.6 Å². The van der Waals surface area contributed by atoms with Crippen LogP contribution in [0.1, 0.15) is 34.6 Å². The highest BCUT2D eigenvalue weighted by Crippen LogP contribution is 2.40. The van der Waals surface area contributed by atoms with Crippen molar-refractivity contribution in [2.75, 3.05) is 18.5 Å². The lowest BCUT2D eigenvalue weighted by Crippen LogP contribution is -2.64. The standard InChI is InChI=1S/C27H34N6O16/c1-11(34)42-10-18-22(44-12(2)35)19(29-15-7-6-14(32(38)39)8-16(15)33(40)41)23(45-13(3)36)25(46-18)43-9-17(37)21-20(30-31-28)24-26(47-21)49-27(4,5)48-24/h6-8,17-26,29,37H,9-10H2,1-5H3/t17-,18-,19+,20+,21-,22-,23-,24-,25+,26-/m1/s1. The second-order valence-corrected chi connectivity index (χ2v) is 11.5. The third-order valence-electron chi connectivity index (χ3n) is 7.47. The van der Waals surface area contributed by atoms with Crippen molar-refractivity contribution >= 4 is 35.0 Å². The minimum atomic E-state index is -1.65. The number of aliphatic hydroxyl groups is 1. The molecule has 0 radical (unpaired) electrons. The SMILES string of the molecule is CC(=O)OC[C@H]1O[C@H](OC[C@@H](O)[C@H]2O[C@@H]3OC(C)(C)O[C@@H]3[C@H]2N=[N+]=[N-])[C@H](OC(C)=O)[C@@H](Nc2ccc([N+](=O)[O-])cc2[N+](=O)[O-])[C@@H]1OC(C)=O. The van der Waals surface area contributed by atoms with Crippen molar-refractivity contribution in [3.05, 3.63) is 48.9 Å². The number of hydrogen-bond donors (Lipinski definition) is 2. The Morgan fingerprint density at radius 1 is 1.06 bits per heavy atom. The van der Waals surface area contributed by atoms with E-state index in [0.717, 1.165) is 32.9 Å². The molecular formula is C27H34N6O16. The highest BCUT2D eigenvalue weighted by atomic mass is 16.8. The lowest BCUT2D eigenvalue weighted by atomic mass is 9.94. The highest BCUT2D eigenvalue weighted by molar-refractivity contribution is 5.69. The zero-order valence-corrected chi connectivity index (χ0v) is 26.7. The number of non-ortho nitro benzene ring substituents is 1. The number of rotatable bonds is 13. The molecule has 49 heavy (non-hydrogen) atoms. The Kier molecular flexibility index (Phi) is 11.5. The van der Waals surface area contributed by atoms with Crippen LogP contribution in [-0.4, -0.2) is 113 Å². The van der Waals surface area contributed by atoms with Crippen molar-refractivity contribution in [2.24, 2.45) is 5.11 Å². The fraction of sp³-hybridized carbons (Fsp3) is 0.667. The Labute approximate surface area is 276 Å². The fourth-order valence-electron chi connectivity index (χ4n) is 5.61. The lowest BCUT2D eigenvalue weighted by Gasteiger charge is -2.45. The molecule has 3 saturated heterocycles. The number of nitrogens with one attached hydrogen (secondary N) is 1. The minimum absolute atomic E-state index is 0.312. The number of azide groups is 1. The van der Waals surface area contributed by atoms with Gasteiger partial charge in [0.2, 0.25) is 0 Å². The Balaban J connectivity index is 1.68. The van der Waals surface area contributed by atoms with Crippen LogP contribution in [0.5, 0.6) is 0 Å². The van der Waals surface area contributed by atoms with Gasteiger partial charge in [-0.2, -0.15) is 0 Å². The zero-order valence-electron chi connectivity index (χ0n) is 26.7. The number of esters is 3. The molecule has 3 aliphatic heterocycles. The molecular weight excluding hydrogens is 664 g/mol. The highest BCUT2D eigenvalue weighted by Gasteiger charge is 2.57. The van der Waals surface area contributed by atoms with Crippen LogP contribution >= 0.6 is 0 Å². The predicted molar refractivity (Wildman–Crippen MR) is 157 cm³/mol. The van der Waals surface area contributed by atoms with E-state index in [4.69, 9.17) is 43.4 Å². The summed E-state index contributed by atoms with van der Waals surface area (Å²) < 4.78 is 45.1. The first-order valence-corrected chi connectivity index (χ1v) is 14.7. The number of fused-ring (bicyclic) bond motifs is 1. The van der Waals surface area contributed by atoms with Gasteiger partial charge < -0.3 is 48.3 Å². The van der Waals surface area contributed by atoms with Gasteiger partial charge in [0.25, 0.3) is 11.4 Å². The molecule has 3 heterocycles. The number of nitro groups is 2. The maximum atomic E-state index is 12.3. The number of carbonyl (C=O) groups is 3. The quantitative estimate of drug-likeness (QED) is 0.0559. The van der Waals surface area contributed by atoms with Crippen LogP contribution in [0, 0.1) is 20.2 Å². The van der Waals surface area contributed by atoms with Crippen LogP contribution in [-0.2, 0) is 52.3 Å². The second-order valence-electron chi connectivity index (χ2n) is 11.5. The third kappa shape index (κ3) is 8.86. The van der Waals surface area contributed by atoms with Crippen molar-refractivity contribution < 1.29 is 67.2 Å². The fourth-order valence-corrected chi connectivity index (χ4v) is 5.61. The lowest BCUT2D eigenvalue weighted by molar-refractivity contribution is -0.393. The first kappa shape index (κ1) is 37.1. The second kappa shape index (κ2) is 15.2. The number of nitro benzene ring substituents is 2. The predicted octanol–water partition coefficient (Wildman–Crippen LogP) is 1.37. The van der Waals surface area contributed by atoms with E-state index >= 15 is 0 Å². The Hall–Kier alpha value is -4.70. The van der Waals surface area contributed by atoms with E-state index < -0.39 is 119 Å². The van der Waals surface area contributed by atoms with Crippen LogP contribution in [0.4, 0.5) is 17.1 Å². The van der Waals surface area contributed by atoms with E-state index in [1.54, 1.807) is 13.8 Å². The average Bonchev–Trinajstić information content (AvgIpc) is 3.48. The molecule has 0 unspecified atom stereocenters. The van der Waals surface area contributed by atoms with E-state index in [2.05, 4.69) is 15.3 Å². The van der Waals surface area contributed by atoms with Gasteiger partial charge in [0.05, 0.1) is 28.6 Å². The number of ether oxygens (including phenoxy) is 8. The summed E-state index contributed by atoms with van der Waals surface area (Å²) in [5.41, 5.74) is 7.48. The van der Waals surface area contributed by atoms with Crippen LogP contribution in [0.15, 0.2) is 23.3 Å². The monoisotopic (exact) mass is 698 g/mol. The van der Waals surface area contributed by atoms with E-state index in [1.165, 1.54) is 0 Å². The number of anilines is 1. The Morgan fingerprint density at radius 3 is 2.33 bits per heavy atom. The number of benzene rings is 1. The van der Waals surface area contributed by atoms with Crippen LogP contribution < -0.4 is 5.32 Å². The van der Waals surface area contributed by atoms with E-state index in [0.29, 0.717) is 6.07 Å². The molecule has 0 aliphatic carbocycles. The molecule has 0 bridgehead atoms. The van der Waals surface area contributed by atoms with Gasteiger partial charge in [0, 0.05) is 31.7 Å². The van der Waals surface area contributed by atoms with Gasteiger partial charge in [-0.25, -0.2) is 0 Å². The molecule has 0 spiro atoms. The molecule has 2 N–H and O–H groups in total. The zero-order chi connectivity index (χ0) is 36.2. The van der Waals surface area contributed by atoms with E-state index in [-0.39, 0.29) is 5.69 Å². The number of carbonyl (C=O) groups excluding carboxylic acids is 3. The molecule has 0 amide bonds. The molecule has 22 nitrogen and oxygen atoms in total. The van der Waals surface area contributed by atoms with Gasteiger partial charge in [0.1, 0.15) is 42.8 Å². The maximum Gasteiger partial charge on any atom is 0.303 e. The summed E-state index contributed by atoms with van der Waals surface area (Å²) in [6.45, 7) is 5.23. The largest absolute Gasteiger partial charge is 0.463 e. The molecule has 3 aliphatic rings. The summed E-state index contributed by atoms with van der Waals surface area (Å²) in [4.78, 5) is 60.6. The number of aliphatic hydroxyl groups excluding tert-OH is 1. The number of hydrogen-bond acceptors (Lipinski definition) is 18. The van der Waals surface area contributed by atoms with Gasteiger partial charge in [-0.05, 0) is 25.4 Å². The summed E-state index contributed by atoms with van der Waals surface area (Å²) in [5, 5.41) is 40.8. The molecule has 268 valence electrons. The van der Waals surface area contributed by atoms with E-state index in [9.17, 15) is 39.7 Å². The van der Waals surface area contributed by atoms with Crippen LogP contribution in [0.2, 0.25) is 0 Å². The maximum absolute atomic E-state index is 12.3. The normalized spacial score (nSPS) is 30.6. The molecule has 3 fully saturated rings. The molecule has 10 atom stereocenters. The average molecular weight is 699 g/mol. The molecule has 0 saturated carbocycles. The van der Waals surface area contributed by atoms with Crippen molar-refractivity contribution in [3.8, 4) is 0 Å². The van der Waals surface area contributed by atoms with Gasteiger partial charge in [-0.3, -0.25) is 34.6 Å². The van der Waals surface area contributed by atoms with Crippen molar-refractivity contribution in [1.29, 1.82) is 0 Å². The van der Waals surface area contributed by atoms with Crippen molar-refractivity contribution in [3.63, 3.8) is 0 Å². The van der Waals surface area contributed by atoms with Gasteiger partial charge in [-0.15, -0.1) is 0 Å². The molecule has 22 heteroatoms. The van der Waals surface area contributed by atoms with E-state index in [1.807, 2.05) is 0 Å². The number of nitrogens with zero attached hydrogens (tertiary/aromatic N) is 5. The van der Waals surface area contributed by atoms with Crippen LogP contribution in [0.25, 0.3) is 10.4 Å². The smallest absolute Gasteiger partial charge is 0.303 e. The Morgan fingerprint density at radius 2 is 1.73 bits per heavy atom. The van der Waals surface area contributed by atoms with Crippen molar-refractivity contribution in [1.82, 2.24) is 0 Å².